The Labute approximate surface area is 213 Å². The zero-order valence-electron chi connectivity index (χ0n) is 19.7. The molecule has 1 amide bonds. The van der Waals surface area contributed by atoms with Crippen LogP contribution in [-0.2, 0) is 22.6 Å². The Balaban J connectivity index is 1.05. The third kappa shape index (κ3) is 6.28. The average Bonchev–Trinajstić information content (AvgIpc) is 3.37. The number of rotatable bonds is 7. The Morgan fingerprint density at radius 3 is 2.43 bits per heavy atom. The van der Waals surface area contributed by atoms with E-state index in [-0.39, 0.29) is 11.8 Å². The molecule has 0 aliphatic carbocycles. The molecule has 8 nitrogen and oxygen atoms in total. The molecule has 0 radical (unpaired) electrons. The van der Waals surface area contributed by atoms with Gasteiger partial charge in [-0.05, 0) is 67.9 Å². The van der Waals surface area contributed by atoms with Gasteiger partial charge in [-0.3, -0.25) is 9.69 Å². The summed E-state index contributed by atoms with van der Waals surface area (Å²) in [7, 11) is 0. The summed E-state index contributed by atoms with van der Waals surface area (Å²) in [5.74, 6) is 1.38. The summed E-state index contributed by atoms with van der Waals surface area (Å²) in [6.45, 7) is 6.24. The van der Waals surface area contributed by atoms with Crippen LogP contribution in [0.2, 0.25) is 0 Å². The van der Waals surface area contributed by atoms with Crippen molar-refractivity contribution < 1.29 is 14.1 Å². The molecule has 3 aromatic rings. The van der Waals surface area contributed by atoms with E-state index in [0.29, 0.717) is 24.8 Å². The van der Waals surface area contributed by atoms with Crippen LogP contribution in [0.25, 0.3) is 11.4 Å². The molecule has 1 aromatic heterocycles. The first-order chi connectivity index (χ1) is 17.1. The van der Waals surface area contributed by atoms with Crippen LogP contribution in [-0.4, -0.2) is 60.3 Å². The Bertz CT molecular complexity index is 1100. The summed E-state index contributed by atoms with van der Waals surface area (Å²) in [5.41, 5.74) is 3.25. The second-order valence-corrected chi connectivity index (χ2v) is 9.97. The molecule has 184 valence electrons. The number of nitrogens with zero attached hydrogens (tertiary/aromatic N) is 4. The van der Waals surface area contributed by atoms with Crippen LogP contribution in [0.5, 0.6) is 0 Å². The minimum atomic E-state index is 0.0416. The number of anilines is 1. The van der Waals surface area contributed by atoms with Crippen molar-refractivity contribution in [3.05, 3.63) is 64.5 Å². The van der Waals surface area contributed by atoms with Crippen molar-refractivity contribution in [2.24, 2.45) is 5.92 Å². The fraction of sp³-hybridized carbons (Fsp3) is 0.423. The molecule has 0 saturated carbocycles. The second kappa shape index (κ2) is 11.3. The molecule has 2 aromatic carbocycles. The summed E-state index contributed by atoms with van der Waals surface area (Å²) in [5, 5.41) is 7.23. The maximum atomic E-state index is 12.7. The lowest BCUT2D eigenvalue weighted by Gasteiger charge is -2.30. The maximum Gasteiger partial charge on any atom is 0.241 e. The van der Waals surface area contributed by atoms with Crippen molar-refractivity contribution in [1.82, 2.24) is 20.4 Å². The topological polar surface area (TPSA) is 83.7 Å². The molecule has 2 saturated heterocycles. The molecule has 1 N–H and O–H groups in total. The first kappa shape index (κ1) is 24.0. The number of hydrogen-bond donors (Lipinski definition) is 1. The lowest BCUT2D eigenvalue weighted by atomic mass is 9.96. The predicted octanol–water partition coefficient (Wildman–Crippen LogP) is 3.86. The van der Waals surface area contributed by atoms with Crippen molar-refractivity contribution in [2.75, 3.05) is 44.3 Å². The average molecular weight is 540 g/mol. The number of benzene rings is 2. The highest BCUT2D eigenvalue weighted by Gasteiger charge is 2.26. The van der Waals surface area contributed by atoms with E-state index in [9.17, 15) is 4.79 Å². The summed E-state index contributed by atoms with van der Waals surface area (Å²) < 4.78 is 11.9. The third-order valence-corrected chi connectivity index (χ3v) is 7.20. The second-order valence-electron chi connectivity index (χ2n) is 9.05. The van der Waals surface area contributed by atoms with Crippen LogP contribution in [0.15, 0.2) is 57.5 Å². The summed E-state index contributed by atoms with van der Waals surface area (Å²) in [6, 6.07) is 16.3. The van der Waals surface area contributed by atoms with Crippen molar-refractivity contribution in [2.45, 2.75) is 25.9 Å². The number of nitrogens with one attached hydrogen (secondary N) is 1. The number of likely N-dealkylation sites (tertiary alicyclic amines) is 1. The van der Waals surface area contributed by atoms with Gasteiger partial charge in [0.2, 0.25) is 17.6 Å². The molecule has 0 atom stereocenters. The van der Waals surface area contributed by atoms with Gasteiger partial charge in [0.25, 0.3) is 0 Å². The number of carbonyl (C=O) groups is 1. The SMILES string of the molecule is O=C(NCc1ccc(N2CCOCC2)cc1)C1CCN(Cc2nc(-c3ccc(Br)cc3)no2)CC1. The van der Waals surface area contributed by atoms with E-state index in [1.165, 1.54) is 5.69 Å². The number of aromatic nitrogens is 2. The van der Waals surface area contributed by atoms with Crippen molar-refractivity contribution in [3.63, 3.8) is 0 Å². The molecule has 0 bridgehead atoms. The standard InChI is InChI=1S/C26H30BrN5O3/c27-22-5-3-20(4-6-22)25-29-24(35-30-25)18-31-11-9-21(10-12-31)26(33)28-17-19-1-7-23(8-2-19)32-13-15-34-16-14-32/h1-8,21H,9-18H2,(H,28,33). The number of hydrogen-bond acceptors (Lipinski definition) is 7. The maximum absolute atomic E-state index is 12.7. The number of amides is 1. The van der Waals surface area contributed by atoms with Gasteiger partial charge < -0.3 is 19.5 Å². The Morgan fingerprint density at radius 2 is 1.71 bits per heavy atom. The summed E-state index contributed by atoms with van der Waals surface area (Å²) >= 11 is 3.44. The van der Waals surface area contributed by atoms with E-state index in [2.05, 4.69) is 65.5 Å². The molecule has 3 heterocycles. The monoisotopic (exact) mass is 539 g/mol. The highest BCUT2D eigenvalue weighted by molar-refractivity contribution is 9.10. The van der Waals surface area contributed by atoms with Crippen molar-refractivity contribution in [3.8, 4) is 11.4 Å². The zero-order chi connectivity index (χ0) is 24.0. The van der Waals surface area contributed by atoms with Gasteiger partial charge >= 0.3 is 0 Å². The molecule has 35 heavy (non-hydrogen) atoms. The van der Waals surface area contributed by atoms with E-state index >= 15 is 0 Å². The predicted molar refractivity (Wildman–Crippen MR) is 137 cm³/mol. The van der Waals surface area contributed by atoms with Gasteiger partial charge in [0.1, 0.15) is 0 Å². The smallest absolute Gasteiger partial charge is 0.241 e. The lowest BCUT2D eigenvalue weighted by molar-refractivity contribution is -0.126. The molecule has 5 rings (SSSR count). The van der Waals surface area contributed by atoms with Gasteiger partial charge in [-0.25, -0.2) is 0 Å². The van der Waals surface area contributed by atoms with Crippen LogP contribution in [0.3, 0.4) is 0 Å². The first-order valence-electron chi connectivity index (χ1n) is 12.1. The lowest BCUT2D eigenvalue weighted by Crippen LogP contribution is -2.40. The van der Waals surface area contributed by atoms with Gasteiger partial charge in [-0.1, -0.05) is 33.2 Å². The highest BCUT2D eigenvalue weighted by atomic mass is 79.9. The quantitative estimate of drug-likeness (QED) is 0.487. The minimum absolute atomic E-state index is 0.0416. The molecule has 2 aliphatic rings. The molecule has 9 heteroatoms. The van der Waals surface area contributed by atoms with Crippen molar-refractivity contribution in [1.29, 1.82) is 0 Å². The summed E-state index contributed by atoms with van der Waals surface area (Å²) in [4.78, 5) is 21.9. The zero-order valence-corrected chi connectivity index (χ0v) is 21.2. The molecule has 0 unspecified atom stereocenters. The van der Waals surface area contributed by atoms with E-state index in [4.69, 9.17) is 9.26 Å². The normalized spacial score (nSPS) is 17.5. The Morgan fingerprint density at radius 1 is 1.00 bits per heavy atom. The van der Waals surface area contributed by atoms with Gasteiger partial charge in [0.15, 0.2) is 0 Å². The minimum Gasteiger partial charge on any atom is -0.378 e. The highest BCUT2D eigenvalue weighted by Crippen LogP contribution is 2.22. The molecular formula is C26H30BrN5O3. The molecule has 2 aliphatic heterocycles. The van der Waals surface area contributed by atoms with Gasteiger partial charge in [0.05, 0.1) is 19.8 Å². The van der Waals surface area contributed by atoms with E-state index < -0.39 is 0 Å². The van der Waals surface area contributed by atoms with Gasteiger partial charge in [-0.15, -0.1) is 0 Å². The number of morpholine rings is 1. The van der Waals surface area contributed by atoms with Crippen molar-refractivity contribution >= 4 is 27.5 Å². The molecule has 0 spiro atoms. The van der Waals surface area contributed by atoms with E-state index in [1.807, 2.05) is 24.3 Å². The van der Waals surface area contributed by atoms with Crippen LogP contribution in [0, 0.1) is 5.92 Å². The third-order valence-electron chi connectivity index (χ3n) is 6.67. The van der Waals surface area contributed by atoms with Crippen LogP contribution >= 0.6 is 15.9 Å². The molecular weight excluding hydrogens is 510 g/mol. The number of ether oxygens (including phenoxy) is 1. The molecule has 2 fully saturated rings. The van der Waals surface area contributed by atoms with E-state index in [0.717, 1.165) is 67.8 Å². The number of piperidine rings is 1. The Hall–Kier alpha value is -2.75. The first-order valence-corrected chi connectivity index (χ1v) is 12.9. The fourth-order valence-corrected chi connectivity index (χ4v) is 4.82. The number of halogens is 1. The largest absolute Gasteiger partial charge is 0.378 e. The van der Waals surface area contributed by atoms with E-state index in [1.54, 1.807) is 0 Å². The fourth-order valence-electron chi connectivity index (χ4n) is 4.56. The Kier molecular flexibility index (Phi) is 7.75. The van der Waals surface area contributed by atoms with Gasteiger partial charge in [-0.2, -0.15) is 4.98 Å². The van der Waals surface area contributed by atoms with Crippen LogP contribution in [0.4, 0.5) is 5.69 Å². The van der Waals surface area contributed by atoms with Crippen LogP contribution < -0.4 is 10.2 Å². The van der Waals surface area contributed by atoms with Crippen LogP contribution in [0.1, 0.15) is 24.3 Å². The van der Waals surface area contributed by atoms with Gasteiger partial charge in [0, 0.05) is 41.3 Å². The summed E-state index contributed by atoms with van der Waals surface area (Å²) in [6.07, 6.45) is 1.66. The number of carbonyl (C=O) groups excluding carboxylic acids is 1.